The number of benzene rings is 1. The number of aromatic nitrogens is 3. The summed E-state index contributed by atoms with van der Waals surface area (Å²) in [4.78, 5) is 4.82. The molecule has 0 saturated heterocycles. The van der Waals surface area contributed by atoms with Crippen molar-refractivity contribution in [3.63, 3.8) is 0 Å². The van der Waals surface area contributed by atoms with Crippen LogP contribution < -0.4 is 15.4 Å². The highest BCUT2D eigenvalue weighted by Crippen LogP contribution is 2.31. The lowest BCUT2D eigenvalue weighted by Crippen LogP contribution is -2.41. The molecule has 0 amide bonds. The number of hydrogen-bond acceptors (Lipinski definition) is 4. The van der Waals surface area contributed by atoms with Crippen molar-refractivity contribution in [2.24, 2.45) is 12.0 Å². The summed E-state index contributed by atoms with van der Waals surface area (Å²) in [7, 11) is 1.98. The minimum atomic E-state index is 0. The van der Waals surface area contributed by atoms with E-state index in [9.17, 15) is 0 Å². The molecule has 1 unspecified atom stereocenters. The van der Waals surface area contributed by atoms with Crippen molar-refractivity contribution >= 4 is 29.9 Å². The molecular weight excluding hydrogens is 515 g/mol. The van der Waals surface area contributed by atoms with Crippen LogP contribution in [0.3, 0.4) is 0 Å². The van der Waals surface area contributed by atoms with Crippen molar-refractivity contribution in [2.75, 3.05) is 13.2 Å². The maximum absolute atomic E-state index is 5.81. The van der Waals surface area contributed by atoms with E-state index in [4.69, 9.17) is 9.73 Å². The third-order valence-electron chi connectivity index (χ3n) is 5.90. The predicted molar refractivity (Wildman–Crippen MR) is 141 cm³/mol. The summed E-state index contributed by atoms with van der Waals surface area (Å²) in [6.45, 7) is 6.34. The van der Waals surface area contributed by atoms with Gasteiger partial charge in [0.1, 0.15) is 18.1 Å². The molecule has 1 aliphatic rings. The van der Waals surface area contributed by atoms with Crippen LogP contribution in [0.1, 0.15) is 81.5 Å². The molecular formula is C24H39IN6O. The molecule has 0 radical (unpaired) electrons. The number of fused-ring (bicyclic) bond motifs is 1. The SMILES string of the molecule is CCCCCCCCCNC(=NCc1nnc(C)n1C)NC1CCOc2ccccc21.I. The average Bonchev–Trinajstić information content (AvgIpc) is 3.11. The van der Waals surface area contributed by atoms with Crippen molar-refractivity contribution in [1.82, 2.24) is 25.4 Å². The highest BCUT2D eigenvalue weighted by atomic mass is 127. The quantitative estimate of drug-likeness (QED) is 0.176. The number of hydrogen-bond donors (Lipinski definition) is 2. The van der Waals surface area contributed by atoms with Crippen LogP contribution in [-0.4, -0.2) is 33.9 Å². The lowest BCUT2D eigenvalue weighted by atomic mass is 10.0. The van der Waals surface area contributed by atoms with E-state index in [2.05, 4.69) is 39.9 Å². The molecule has 0 saturated carbocycles. The number of nitrogens with one attached hydrogen (secondary N) is 2. The summed E-state index contributed by atoms with van der Waals surface area (Å²) < 4.78 is 7.80. The van der Waals surface area contributed by atoms with Gasteiger partial charge in [-0.05, 0) is 19.4 Å². The van der Waals surface area contributed by atoms with Gasteiger partial charge in [0.15, 0.2) is 11.8 Å². The third-order valence-corrected chi connectivity index (χ3v) is 5.90. The fourth-order valence-electron chi connectivity index (χ4n) is 3.84. The fraction of sp³-hybridized carbons (Fsp3) is 0.625. The summed E-state index contributed by atoms with van der Waals surface area (Å²) in [5.74, 6) is 3.55. The van der Waals surface area contributed by atoms with Gasteiger partial charge >= 0.3 is 0 Å². The van der Waals surface area contributed by atoms with E-state index in [1.165, 1.54) is 44.1 Å². The van der Waals surface area contributed by atoms with E-state index in [1.807, 2.05) is 30.7 Å². The lowest BCUT2D eigenvalue weighted by Gasteiger charge is -2.28. The molecule has 0 fully saturated rings. The Kier molecular flexibility index (Phi) is 11.8. The van der Waals surface area contributed by atoms with Crippen molar-refractivity contribution in [3.8, 4) is 5.75 Å². The Balaban J connectivity index is 0.00000363. The first kappa shape index (κ1) is 26.4. The topological polar surface area (TPSA) is 76.4 Å². The number of halogens is 1. The number of ether oxygens (including phenoxy) is 1. The van der Waals surface area contributed by atoms with Gasteiger partial charge in [-0.1, -0.05) is 63.6 Å². The molecule has 178 valence electrons. The number of nitrogens with zero attached hydrogens (tertiary/aromatic N) is 4. The van der Waals surface area contributed by atoms with Crippen molar-refractivity contribution in [1.29, 1.82) is 0 Å². The van der Waals surface area contributed by atoms with Gasteiger partial charge in [0.05, 0.1) is 12.6 Å². The zero-order valence-electron chi connectivity index (χ0n) is 19.8. The molecule has 7 nitrogen and oxygen atoms in total. The number of para-hydroxylation sites is 1. The molecule has 1 atom stereocenters. The zero-order valence-corrected chi connectivity index (χ0v) is 22.1. The highest BCUT2D eigenvalue weighted by Gasteiger charge is 2.22. The molecule has 1 aliphatic heterocycles. The Morgan fingerprint density at radius 1 is 1.12 bits per heavy atom. The Morgan fingerprint density at radius 3 is 2.62 bits per heavy atom. The molecule has 3 rings (SSSR count). The first-order chi connectivity index (χ1) is 15.2. The van der Waals surface area contributed by atoms with Crippen LogP contribution in [0.2, 0.25) is 0 Å². The van der Waals surface area contributed by atoms with Crippen LogP contribution >= 0.6 is 24.0 Å². The number of aryl methyl sites for hydroxylation is 1. The van der Waals surface area contributed by atoms with E-state index in [-0.39, 0.29) is 30.0 Å². The van der Waals surface area contributed by atoms with Gasteiger partial charge in [-0.25, -0.2) is 4.99 Å². The predicted octanol–water partition coefficient (Wildman–Crippen LogP) is 5.05. The Hall–Kier alpha value is -1.84. The van der Waals surface area contributed by atoms with E-state index in [0.717, 1.165) is 42.7 Å². The summed E-state index contributed by atoms with van der Waals surface area (Å²) >= 11 is 0. The molecule has 32 heavy (non-hydrogen) atoms. The van der Waals surface area contributed by atoms with Crippen LogP contribution in [0.5, 0.6) is 5.75 Å². The standard InChI is InChI=1S/C24H38N6O.HI/c1-4-5-6-7-8-9-12-16-25-24(26-18-23-29-28-19(2)30(23)3)27-21-15-17-31-22-14-11-10-13-20(21)22;/h10-11,13-14,21H,4-9,12,15-18H2,1-3H3,(H2,25,26,27);1H. The summed E-state index contributed by atoms with van der Waals surface area (Å²) in [6.07, 6.45) is 9.99. The average molecular weight is 555 g/mol. The van der Waals surface area contributed by atoms with E-state index in [0.29, 0.717) is 13.2 Å². The Labute approximate surface area is 209 Å². The van der Waals surface area contributed by atoms with E-state index < -0.39 is 0 Å². The summed E-state index contributed by atoms with van der Waals surface area (Å²) in [6, 6.07) is 8.44. The Bertz CT molecular complexity index is 838. The van der Waals surface area contributed by atoms with Gasteiger partial charge in [-0.2, -0.15) is 0 Å². The third kappa shape index (κ3) is 7.94. The van der Waals surface area contributed by atoms with Crippen LogP contribution in [0.15, 0.2) is 29.3 Å². The van der Waals surface area contributed by atoms with Gasteiger partial charge in [-0.3, -0.25) is 0 Å². The van der Waals surface area contributed by atoms with Gasteiger partial charge in [0.2, 0.25) is 0 Å². The lowest BCUT2D eigenvalue weighted by molar-refractivity contribution is 0.261. The van der Waals surface area contributed by atoms with E-state index >= 15 is 0 Å². The minimum absolute atomic E-state index is 0. The maximum Gasteiger partial charge on any atom is 0.192 e. The molecule has 2 aromatic rings. The molecule has 8 heteroatoms. The monoisotopic (exact) mass is 554 g/mol. The molecule has 2 heterocycles. The van der Waals surface area contributed by atoms with Gasteiger partial charge in [-0.15, -0.1) is 34.2 Å². The zero-order chi connectivity index (χ0) is 21.9. The molecule has 0 aliphatic carbocycles. The van der Waals surface area contributed by atoms with Gasteiger partial charge in [0, 0.05) is 25.6 Å². The molecule has 1 aromatic heterocycles. The number of aliphatic imine (C=N–C) groups is 1. The van der Waals surface area contributed by atoms with Crippen molar-refractivity contribution in [2.45, 2.75) is 77.8 Å². The van der Waals surface area contributed by atoms with Gasteiger partial charge in [0.25, 0.3) is 0 Å². The van der Waals surface area contributed by atoms with Gasteiger partial charge < -0.3 is 19.9 Å². The van der Waals surface area contributed by atoms with Crippen molar-refractivity contribution < 1.29 is 4.74 Å². The van der Waals surface area contributed by atoms with E-state index in [1.54, 1.807) is 0 Å². The second kappa shape index (κ2) is 14.3. The summed E-state index contributed by atoms with van der Waals surface area (Å²) in [5, 5.41) is 15.6. The largest absolute Gasteiger partial charge is 0.493 e. The number of rotatable bonds is 11. The summed E-state index contributed by atoms with van der Waals surface area (Å²) in [5.41, 5.74) is 1.19. The fourth-order valence-corrected chi connectivity index (χ4v) is 3.84. The van der Waals surface area contributed by atoms with Crippen LogP contribution in [0.25, 0.3) is 0 Å². The minimum Gasteiger partial charge on any atom is -0.493 e. The maximum atomic E-state index is 5.81. The molecule has 1 aromatic carbocycles. The second-order valence-corrected chi connectivity index (χ2v) is 8.31. The van der Waals surface area contributed by atoms with Crippen LogP contribution in [0.4, 0.5) is 0 Å². The van der Waals surface area contributed by atoms with Crippen LogP contribution in [0, 0.1) is 6.92 Å². The number of guanidine groups is 1. The first-order valence-electron chi connectivity index (χ1n) is 11.8. The molecule has 2 N–H and O–H groups in total. The molecule has 0 bridgehead atoms. The first-order valence-corrected chi connectivity index (χ1v) is 11.8. The second-order valence-electron chi connectivity index (χ2n) is 8.31. The van der Waals surface area contributed by atoms with Crippen LogP contribution in [-0.2, 0) is 13.6 Å². The Morgan fingerprint density at radius 2 is 1.88 bits per heavy atom. The highest BCUT2D eigenvalue weighted by molar-refractivity contribution is 14.0. The normalized spacial score (nSPS) is 15.5. The smallest absolute Gasteiger partial charge is 0.192 e. The molecule has 0 spiro atoms. The number of unbranched alkanes of at least 4 members (excludes halogenated alkanes) is 6. The van der Waals surface area contributed by atoms with Crippen molar-refractivity contribution in [3.05, 3.63) is 41.5 Å².